The van der Waals surface area contributed by atoms with E-state index in [2.05, 4.69) is 16.0 Å². The Hall–Kier alpha value is -3.15. The van der Waals surface area contributed by atoms with Crippen LogP contribution in [0.1, 0.15) is 30.9 Å². The zero-order chi connectivity index (χ0) is 19.4. The van der Waals surface area contributed by atoms with Gasteiger partial charge in [0.15, 0.2) is 0 Å². The summed E-state index contributed by atoms with van der Waals surface area (Å²) in [4.78, 5) is 36.4. The number of rotatable bonds is 6. The monoisotopic (exact) mass is 365 g/mol. The molecule has 3 amide bonds. The van der Waals surface area contributed by atoms with Gasteiger partial charge in [0.2, 0.25) is 17.7 Å². The average Bonchev–Trinajstić information content (AvgIpc) is 3.41. The third kappa shape index (κ3) is 4.53. The van der Waals surface area contributed by atoms with Crippen LogP contribution >= 0.6 is 0 Å². The largest absolute Gasteiger partial charge is 0.351 e. The summed E-state index contributed by atoms with van der Waals surface area (Å²) in [6, 6.07) is 14.8. The van der Waals surface area contributed by atoms with Gasteiger partial charge in [-0.05, 0) is 43.5 Å². The molecule has 140 valence electrons. The van der Waals surface area contributed by atoms with Gasteiger partial charge >= 0.3 is 0 Å². The predicted octanol–water partition coefficient (Wildman–Crippen LogP) is 2.99. The minimum absolute atomic E-state index is 0.187. The number of anilines is 2. The summed E-state index contributed by atoms with van der Waals surface area (Å²) >= 11 is 0. The Bertz CT molecular complexity index is 888. The molecular formula is C21H23N3O3. The number of hydrogen-bond donors (Lipinski definition) is 3. The fraction of sp³-hybridized carbons (Fsp3) is 0.286. The summed E-state index contributed by atoms with van der Waals surface area (Å²) in [6.45, 7) is 3.81. The molecule has 0 heterocycles. The first-order valence-electron chi connectivity index (χ1n) is 8.92. The van der Waals surface area contributed by atoms with Gasteiger partial charge in [0.1, 0.15) is 5.41 Å². The van der Waals surface area contributed by atoms with Crippen LogP contribution in [-0.2, 0) is 20.9 Å². The summed E-state index contributed by atoms with van der Waals surface area (Å²) in [5.41, 5.74) is 2.26. The first-order valence-corrected chi connectivity index (χ1v) is 8.92. The average molecular weight is 365 g/mol. The molecule has 2 aromatic carbocycles. The van der Waals surface area contributed by atoms with Crippen LogP contribution in [0.3, 0.4) is 0 Å². The first kappa shape index (κ1) is 18.6. The highest BCUT2D eigenvalue weighted by molar-refractivity contribution is 6.13. The number of amides is 3. The maximum atomic E-state index is 12.7. The minimum Gasteiger partial charge on any atom is -0.351 e. The molecule has 0 bridgehead atoms. The molecule has 1 saturated carbocycles. The second-order valence-corrected chi connectivity index (χ2v) is 6.97. The summed E-state index contributed by atoms with van der Waals surface area (Å²) in [6.07, 6.45) is 1.06. The van der Waals surface area contributed by atoms with Crippen molar-refractivity contribution in [2.45, 2.75) is 33.2 Å². The Morgan fingerprint density at radius 2 is 1.59 bits per heavy atom. The van der Waals surface area contributed by atoms with Crippen molar-refractivity contribution in [2.75, 3.05) is 10.6 Å². The number of hydrogen-bond acceptors (Lipinski definition) is 3. The Balaban J connectivity index is 1.62. The van der Waals surface area contributed by atoms with Crippen molar-refractivity contribution in [1.29, 1.82) is 0 Å². The minimum atomic E-state index is -1.01. The molecule has 1 fully saturated rings. The van der Waals surface area contributed by atoms with Gasteiger partial charge in [0, 0.05) is 24.8 Å². The van der Waals surface area contributed by atoms with Crippen molar-refractivity contribution in [3.05, 3.63) is 59.7 Å². The second kappa shape index (κ2) is 7.61. The molecule has 6 nitrogen and oxygen atoms in total. The molecule has 27 heavy (non-hydrogen) atoms. The van der Waals surface area contributed by atoms with Crippen molar-refractivity contribution >= 4 is 29.1 Å². The van der Waals surface area contributed by atoms with Crippen LogP contribution in [0.4, 0.5) is 11.4 Å². The van der Waals surface area contributed by atoms with Gasteiger partial charge in [-0.2, -0.15) is 0 Å². The maximum absolute atomic E-state index is 12.7. The van der Waals surface area contributed by atoms with Gasteiger partial charge in [-0.3, -0.25) is 14.4 Å². The van der Waals surface area contributed by atoms with Crippen molar-refractivity contribution in [1.82, 2.24) is 5.32 Å². The van der Waals surface area contributed by atoms with E-state index in [1.54, 1.807) is 24.3 Å². The number of benzene rings is 2. The van der Waals surface area contributed by atoms with E-state index in [9.17, 15) is 14.4 Å². The molecule has 1 aliphatic carbocycles. The maximum Gasteiger partial charge on any atom is 0.240 e. The van der Waals surface area contributed by atoms with E-state index >= 15 is 0 Å². The zero-order valence-electron chi connectivity index (χ0n) is 15.5. The van der Waals surface area contributed by atoms with E-state index in [0.717, 1.165) is 11.1 Å². The van der Waals surface area contributed by atoms with Gasteiger partial charge in [0.25, 0.3) is 0 Å². The molecule has 3 rings (SSSR count). The van der Waals surface area contributed by atoms with Crippen molar-refractivity contribution in [2.24, 2.45) is 5.41 Å². The highest BCUT2D eigenvalue weighted by Gasteiger charge is 2.56. The topological polar surface area (TPSA) is 87.3 Å². The van der Waals surface area contributed by atoms with Crippen LogP contribution in [0.15, 0.2) is 48.5 Å². The summed E-state index contributed by atoms with van der Waals surface area (Å²) in [5, 5.41) is 8.34. The summed E-state index contributed by atoms with van der Waals surface area (Å²) in [7, 11) is 0. The van der Waals surface area contributed by atoms with Crippen LogP contribution in [-0.4, -0.2) is 17.7 Å². The molecule has 0 radical (unpaired) electrons. The fourth-order valence-corrected chi connectivity index (χ4v) is 2.98. The standard InChI is InChI=1S/C21H23N3O3/c1-14-5-3-6-16(11-14)13-22-19(26)21(9-10-21)20(27)24-18-8-4-7-17(12-18)23-15(2)25/h3-8,11-12H,9-10,13H2,1-2H3,(H,22,26)(H,23,25)(H,24,27). The lowest BCUT2D eigenvalue weighted by Crippen LogP contribution is -2.39. The van der Waals surface area contributed by atoms with Gasteiger partial charge in [-0.1, -0.05) is 35.9 Å². The Kier molecular flexibility index (Phi) is 5.26. The van der Waals surface area contributed by atoms with E-state index in [-0.39, 0.29) is 17.7 Å². The van der Waals surface area contributed by atoms with Crippen molar-refractivity contribution < 1.29 is 14.4 Å². The summed E-state index contributed by atoms with van der Waals surface area (Å²) in [5.74, 6) is -0.753. The Morgan fingerprint density at radius 1 is 0.926 bits per heavy atom. The highest BCUT2D eigenvalue weighted by Crippen LogP contribution is 2.47. The normalized spacial score (nSPS) is 14.1. The van der Waals surface area contributed by atoms with Crippen molar-refractivity contribution in [3.63, 3.8) is 0 Å². The van der Waals surface area contributed by atoms with E-state index < -0.39 is 5.41 Å². The van der Waals surface area contributed by atoms with E-state index in [1.165, 1.54) is 6.92 Å². The van der Waals surface area contributed by atoms with Crippen LogP contribution in [0.2, 0.25) is 0 Å². The molecule has 0 unspecified atom stereocenters. The Morgan fingerprint density at radius 3 is 2.22 bits per heavy atom. The van der Waals surface area contributed by atoms with E-state index in [1.807, 2.05) is 31.2 Å². The van der Waals surface area contributed by atoms with E-state index in [0.29, 0.717) is 30.8 Å². The zero-order valence-corrected chi connectivity index (χ0v) is 15.5. The summed E-state index contributed by atoms with van der Waals surface area (Å²) < 4.78 is 0. The molecule has 0 aromatic heterocycles. The molecule has 2 aromatic rings. The number of carbonyl (C=O) groups excluding carboxylic acids is 3. The number of aryl methyl sites for hydroxylation is 1. The van der Waals surface area contributed by atoms with Gasteiger partial charge in [-0.15, -0.1) is 0 Å². The second-order valence-electron chi connectivity index (χ2n) is 6.97. The van der Waals surface area contributed by atoms with Crippen LogP contribution in [0.5, 0.6) is 0 Å². The lowest BCUT2D eigenvalue weighted by Gasteiger charge is -2.16. The first-order chi connectivity index (χ1) is 12.9. The van der Waals surface area contributed by atoms with Gasteiger partial charge in [-0.25, -0.2) is 0 Å². The molecule has 3 N–H and O–H groups in total. The molecule has 0 spiro atoms. The third-order valence-electron chi connectivity index (χ3n) is 4.60. The SMILES string of the molecule is CC(=O)Nc1cccc(NC(=O)C2(C(=O)NCc3cccc(C)c3)CC2)c1. The lowest BCUT2D eigenvalue weighted by molar-refractivity contribution is -0.134. The van der Waals surface area contributed by atoms with Crippen LogP contribution < -0.4 is 16.0 Å². The molecule has 0 aliphatic heterocycles. The molecule has 0 saturated heterocycles. The van der Waals surface area contributed by atoms with Gasteiger partial charge in [0.05, 0.1) is 0 Å². The van der Waals surface area contributed by atoms with Crippen LogP contribution in [0.25, 0.3) is 0 Å². The van der Waals surface area contributed by atoms with Crippen molar-refractivity contribution in [3.8, 4) is 0 Å². The number of carbonyl (C=O) groups is 3. The fourth-order valence-electron chi connectivity index (χ4n) is 2.98. The van der Waals surface area contributed by atoms with E-state index in [4.69, 9.17) is 0 Å². The molecule has 0 atom stereocenters. The lowest BCUT2D eigenvalue weighted by atomic mass is 10.0. The smallest absolute Gasteiger partial charge is 0.240 e. The molecule has 1 aliphatic rings. The quantitative estimate of drug-likeness (QED) is 0.688. The Labute approximate surface area is 158 Å². The van der Waals surface area contributed by atoms with Crippen LogP contribution in [0, 0.1) is 12.3 Å². The number of nitrogens with one attached hydrogen (secondary N) is 3. The van der Waals surface area contributed by atoms with Gasteiger partial charge < -0.3 is 16.0 Å². The molecule has 6 heteroatoms. The molecular weight excluding hydrogens is 342 g/mol. The highest BCUT2D eigenvalue weighted by atomic mass is 16.2. The third-order valence-corrected chi connectivity index (χ3v) is 4.60. The predicted molar refractivity (Wildman–Crippen MR) is 104 cm³/mol.